The summed E-state index contributed by atoms with van der Waals surface area (Å²) in [6, 6.07) is 19.3. The van der Waals surface area contributed by atoms with Crippen molar-refractivity contribution in [1.29, 1.82) is 0 Å². The van der Waals surface area contributed by atoms with E-state index in [4.69, 9.17) is 5.73 Å². The van der Waals surface area contributed by atoms with E-state index in [2.05, 4.69) is 0 Å². The van der Waals surface area contributed by atoms with Crippen LogP contribution in [0.5, 0.6) is 0 Å². The quantitative estimate of drug-likeness (QED) is 0.841. The molecule has 0 spiro atoms. The fourth-order valence-corrected chi connectivity index (χ4v) is 1.90. The Bertz CT molecular complexity index is 441. The number of aliphatic hydroxyl groups is 1. The monoisotopic (exact) mass is 227 g/mol. The van der Waals surface area contributed by atoms with Crippen LogP contribution in [0.4, 0.5) is 0 Å². The van der Waals surface area contributed by atoms with Crippen LogP contribution in [0.2, 0.25) is 0 Å². The van der Waals surface area contributed by atoms with Gasteiger partial charge >= 0.3 is 0 Å². The summed E-state index contributed by atoms with van der Waals surface area (Å²) in [5, 5.41) is 10.1. The van der Waals surface area contributed by atoms with E-state index < -0.39 is 6.10 Å². The topological polar surface area (TPSA) is 46.2 Å². The van der Waals surface area contributed by atoms with Gasteiger partial charge < -0.3 is 10.8 Å². The molecule has 0 radical (unpaired) electrons. The van der Waals surface area contributed by atoms with Gasteiger partial charge in [0.2, 0.25) is 0 Å². The maximum absolute atomic E-state index is 10.1. The van der Waals surface area contributed by atoms with Crippen LogP contribution in [0.25, 0.3) is 0 Å². The molecule has 88 valence electrons. The van der Waals surface area contributed by atoms with Gasteiger partial charge in [0.15, 0.2) is 0 Å². The van der Waals surface area contributed by atoms with Gasteiger partial charge in [-0.1, -0.05) is 60.7 Å². The fourth-order valence-electron chi connectivity index (χ4n) is 1.90. The highest BCUT2D eigenvalue weighted by Crippen LogP contribution is 2.17. The molecular formula is C15H17NO. The third-order valence-corrected chi connectivity index (χ3v) is 2.86. The Hall–Kier alpha value is -1.64. The molecule has 3 N–H and O–H groups in total. The highest BCUT2D eigenvalue weighted by molar-refractivity contribution is 5.21. The van der Waals surface area contributed by atoms with Gasteiger partial charge in [-0.05, 0) is 17.5 Å². The third-order valence-electron chi connectivity index (χ3n) is 2.86. The number of nitrogens with two attached hydrogens (primary N) is 1. The molecular weight excluding hydrogens is 210 g/mol. The van der Waals surface area contributed by atoms with Crippen molar-refractivity contribution in [3.63, 3.8) is 0 Å². The Labute approximate surface area is 102 Å². The zero-order valence-corrected chi connectivity index (χ0v) is 9.66. The molecule has 0 aliphatic rings. The normalized spacial score (nSPS) is 14.2. The lowest BCUT2D eigenvalue weighted by molar-refractivity contribution is 0.146. The smallest absolute Gasteiger partial charge is 0.0944 e. The molecule has 0 aliphatic heterocycles. The van der Waals surface area contributed by atoms with Gasteiger partial charge in [0.1, 0.15) is 0 Å². The molecule has 0 bridgehead atoms. The molecule has 2 aromatic rings. The molecule has 0 fully saturated rings. The van der Waals surface area contributed by atoms with Crippen molar-refractivity contribution in [3.05, 3.63) is 71.8 Å². The number of benzene rings is 2. The van der Waals surface area contributed by atoms with Crippen molar-refractivity contribution in [2.75, 3.05) is 0 Å². The summed E-state index contributed by atoms with van der Waals surface area (Å²) < 4.78 is 0. The van der Waals surface area contributed by atoms with E-state index in [1.54, 1.807) is 0 Å². The molecule has 2 aromatic carbocycles. The minimum absolute atomic E-state index is 0.278. The second-order valence-electron chi connectivity index (χ2n) is 4.21. The largest absolute Gasteiger partial charge is 0.387 e. The SMILES string of the molecule is NC(Cc1ccccc1)C(O)c1ccccc1. The Morgan fingerprint density at radius 1 is 0.882 bits per heavy atom. The summed E-state index contributed by atoms with van der Waals surface area (Å²) in [5.74, 6) is 0. The van der Waals surface area contributed by atoms with Gasteiger partial charge in [-0.15, -0.1) is 0 Å². The van der Waals surface area contributed by atoms with Crippen molar-refractivity contribution in [2.45, 2.75) is 18.6 Å². The highest BCUT2D eigenvalue weighted by atomic mass is 16.3. The Morgan fingerprint density at radius 3 is 2.00 bits per heavy atom. The summed E-state index contributed by atoms with van der Waals surface area (Å²) >= 11 is 0. The molecule has 0 heterocycles. The van der Waals surface area contributed by atoms with Crippen LogP contribution in [-0.2, 0) is 6.42 Å². The van der Waals surface area contributed by atoms with Crippen LogP contribution in [-0.4, -0.2) is 11.1 Å². The Morgan fingerprint density at radius 2 is 1.41 bits per heavy atom. The summed E-state index contributed by atoms with van der Waals surface area (Å²) in [7, 11) is 0. The lowest BCUT2D eigenvalue weighted by Crippen LogP contribution is -2.30. The standard InChI is InChI=1S/C15H17NO/c16-14(11-12-7-3-1-4-8-12)15(17)13-9-5-2-6-10-13/h1-10,14-15,17H,11,16H2. The van der Waals surface area contributed by atoms with E-state index in [-0.39, 0.29) is 6.04 Å². The van der Waals surface area contributed by atoms with Crippen LogP contribution < -0.4 is 5.73 Å². The average Bonchev–Trinajstić information content (AvgIpc) is 2.40. The predicted molar refractivity (Wildman–Crippen MR) is 69.5 cm³/mol. The molecule has 2 heteroatoms. The molecule has 0 aromatic heterocycles. The van der Waals surface area contributed by atoms with E-state index >= 15 is 0 Å². The molecule has 0 saturated carbocycles. The van der Waals surface area contributed by atoms with E-state index in [0.717, 1.165) is 11.1 Å². The van der Waals surface area contributed by atoms with Crippen LogP contribution in [0.15, 0.2) is 60.7 Å². The van der Waals surface area contributed by atoms with Crippen molar-refractivity contribution >= 4 is 0 Å². The third kappa shape index (κ3) is 3.16. The summed E-state index contributed by atoms with van der Waals surface area (Å²) in [6.45, 7) is 0. The summed E-state index contributed by atoms with van der Waals surface area (Å²) in [5.41, 5.74) is 8.05. The van der Waals surface area contributed by atoms with Crippen molar-refractivity contribution in [2.24, 2.45) is 5.73 Å². The van der Waals surface area contributed by atoms with Crippen LogP contribution in [0.3, 0.4) is 0 Å². The van der Waals surface area contributed by atoms with Gasteiger partial charge in [0.25, 0.3) is 0 Å². The van der Waals surface area contributed by atoms with Crippen molar-refractivity contribution < 1.29 is 5.11 Å². The lowest BCUT2D eigenvalue weighted by Gasteiger charge is -2.19. The molecule has 2 unspecified atom stereocenters. The molecule has 2 rings (SSSR count). The van der Waals surface area contributed by atoms with Gasteiger partial charge in [0, 0.05) is 6.04 Å². The summed E-state index contributed by atoms with van der Waals surface area (Å²) in [4.78, 5) is 0. The highest BCUT2D eigenvalue weighted by Gasteiger charge is 2.16. The Balaban J connectivity index is 2.03. The van der Waals surface area contributed by atoms with E-state index in [0.29, 0.717) is 6.42 Å². The van der Waals surface area contributed by atoms with E-state index in [1.165, 1.54) is 0 Å². The maximum atomic E-state index is 10.1. The van der Waals surface area contributed by atoms with Crippen LogP contribution in [0, 0.1) is 0 Å². The minimum Gasteiger partial charge on any atom is -0.387 e. The van der Waals surface area contributed by atoms with Crippen LogP contribution in [0.1, 0.15) is 17.2 Å². The summed E-state index contributed by atoms with van der Waals surface area (Å²) in [6.07, 6.45) is 0.0630. The van der Waals surface area contributed by atoms with Crippen molar-refractivity contribution in [3.8, 4) is 0 Å². The molecule has 0 saturated heterocycles. The average molecular weight is 227 g/mol. The molecule has 0 aliphatic carbocycles. The maximum Gasteiger partial charge on any atom is 0.0944 e. The lowest BCUT2D eigenvalue weighted by atomic mass is 9.97. The Kier molecular flexibility index (Phi) is 3.91. The first-order valence-electron chi connectivity index (χ1n) is 5.80. The zero-order valence-electron chi connectivity index (χ0n) is 9.66. The van der Waals surface area contributed by atoms with Crippen LogP contribution >= 0.6 is 0 Å². The number of aliphatic hydroxyl groups excluding tert-OH is 1. The molecule has 2 nitrogen and oxygen atoms in total. The van der Waals surface area contributed by atoms with E-state index in [9.17, 15) is 5.11 Å². The number of hydrogen-bond donors (Lipinski definition) is 2. The minimum atomic E-state index is -0.614. The van der Waals surface area contributed by atoms with Gasteiger partial charge in [-0.2, -0.15) is 0 Å². The number of rotatable bonds is 4. The van der Waals surface area contributed by atoms with Gasteiger partial charge in [0.05, 0.1) is 6.10 Å². The molecule has 17 heavy (non-hydrogen) atoms. The molecule has 0 amide bonds. The zero-order chi connectivity index (χ0) is 12.1. The second-order valence-corrected chi connectivity index (χ2v) is 4.21. The van der Waals surface area contributed by atoms with Crippen molar-refractivity contribution in [1.82, 2.24) is 0 Å². The second kappa shape index (κ2) is 5.62. The predicted octanol–water partition coefficient (Wildman–Crippen LogP) is 2.29. The fraction of sp³-hybridized carbons (Fsp3) is 0.200. The van der Waals surface area contributed by atoms with Gasteiger partial charge in [-0.25, -0.2) is 0 Å². The molecule has 2 atom stereocenters. The first-order valence-corrected chi connectivity index (χ1v) is 5.80. The first kappa shape index (κ1) is 11.8. The van der Waals surface area contributed by atoms with Gasteiger partial charge in [-0.3, -0.25) is 0 Å². The number of hydrogen-bond acceptors (Lipinski definition) is 2. The van der Waals surface area contributed by atoms with E-state index in [1.807, 2.05) is 60.7 Å². The first-order chi connectivity index (χ1) is 8.27.